The number of halogens is 1. The van der Waals surface area contributed by atoms with E-state index < -0.39 is 7.50 Å². The van der Waals surface area contributed by atoms with Gasteiger partial charge in [0, 0.05) is 5.66 Å². The Labute approximate surface area is 55.3 Å². The van der Waals surface area contributed by atoms with Gasteiger partial charge in [-0.05, 0) is 24.2 Å². The number of rotatable bonds is 0. The Balaban J connectivity index is 2.56. The average molecular weight is 151 g/mol. The second kappa shape index (κ2) is 2.24. The lowest BCUT2D eigenvalue weighted by Crippen LogP contribution is -1.81. The molecule has 1 aliphatic heterocycles. The topological polar surface area (TPSA) is 9.23 Å². The molecule has 0 fully saturated rings. The van der Waals surface area contributed by atoms with Crippen LogP contribution in [0.4, 0.5) is 0 Å². The van der Waals surface area contributed by atoms with Gasteiger partial charge in [-0.3, -0.25) is 0 Å². The molecule has 0 aromatic heterocycles. The number of allylic oxidation sites excluding steroid dienone is 2. The predicted molar refractivity (Wildman–Crippen MR) is 37.1 cm³/mol. The fourth-order valence-electron chi connectivity index (χ4n) is 0.649. The largest absolute Gasteiger partial charge is 0.462 e. The van der Waals surface area contributed by atoms with Crippen LogP contribution in [0.25, 0.3) is 0 Å². The summed E-state index contributed by atoms with van der Waals surface area (Å²) in [5, 5.41) is 0. The molecule has 0 amide bonds. The van der Waals surface area contributed by atoms with E-state index in [2.05, 4.69) is 13.0 Å². The zero-order valence-corrected chi connectivity index (χ0v) is 6.54. The molecule has 0 aromatic rings. The van der Waals surface area contributed by atoms with Gasteiger partial charge in [-0.25, -0.2) is 0 Å². The average Bonchev–Trinajstić information content (AvgIpc) is 1.85. The van der Waals surface area contributed by atoms with Crippen LogP contribution in [0.2, 0.25) is 0 Å². The first-order chi connectivity index (χ1) is 3.70. The minimum atomic E-state index is -0.686. The fourth-order valence-corrected chi connectivity index (χ4v) is 1.97. The monoisotopic (exact) mass is 150 g/mol. The van der Waals surface area contributed by atoms with E-state index in [0.29, 0.717) is 5.66 Å². The van der Waals surface area contributed by atoms with Gasteiger partial charge in [0.2, 0.25) is 0 Å². The smallest absolute Gasteiger partial charge is 0.188 e. The molecule has 1 rings (SSSR count). The number of hydrogen-bond donors (Lipinski definition) is 0. The van der Waals surface area contributed by atoms with Crippen molar-refractivity contribution >= 4 is 18.7 Å². The summed E-state index contributed by atoms with van der Waals surface area (Å²) in [5.41, 5.74) is 0.437. The van der Waals surface area contributed by atoms with Gasteiger partial charge < -0.3 is 4.52 Å². The quantitative estimate of drug-likeness (QED) is 0.483. The first kappa shape index (κ1) is 6.38. The van der Waals surface area contributed by atoms with Crippen LogP contribution < -0.4 is 0 Å². The standard InChI is InChI=1S/C5H8ClOP/c1-4-3-5(2)8(6)7-4/h3,5H,1-2H3. The van der Waals surface area contributed by atoms with Gasteiger partial charge >= 0.3 is 0 Å². The lowest BCUT2D eigenvalue weighted by atomic mass is 10.4. The first-order valence-corrected chi connectivity index (χ1v) is 4.75. The number of hydrogen-bond acceptors (Lipinski definition) is 1. The molecule has 3 heteroatoms. The van der Waals surface area contributed by atoms with Gasteiger partial charge in [-0.15, -0.1) is 0 Å². The lowest BCUT2D eigenvalue weighted by molar-refractivity contribution is 0.497. The molecule has 0 N–H and O–H groups in total. The molecule has 8 heavy (non-hydrogen) atoms. The van der Waals surface area contributed by atoms with Gasteiger partial charge in [0.15, 0.2) is 7.50 Å². The molecule has 0 spiro atoms. The Morgan fingerprint density at radius 2 is 2.50 bits per heavy atom. The molecule has 0 radical (unpaired) electrons. The van der Waals surface area contributed by atoms with Crippen molar-refractivity contribution < 1.29 is 4.52 Å². The molecule has 1 nitrogen and oxygen atoms in total. The molecule has 46 valence electrons. The molecule has 0 saturated carbocycles. The van der Waals surface area contributed by atoms with Crippen LogP contribution in [0.15, 0.2) is 11.8 Å². The van der Waals surface area contributed by atoms with Gasteiger partial charge in [0.1, 0.15) is 0 Å². The van der Waals surface area contributed by atoms with Gasteiger partial charge in [-0.2, -0.15) is 0 Å². The molecule has 0 saturated heterocycles. The molecule has 1 aliphatic rings. The van der Waals surface area contributed by atoms with Gasteiger partial charge in [-0.1, -0.05) is 6.92 Å². The highest BCUT2D eigenvalue weighted by Crippen LogP contribution is 2.54. The Morgan fingerprint density at radius 1 is 1.88 bits per heavy atom. The summed E-state index contributed by atoms with van der Waals surface area (Å²) < 4.78 is 5.16. The van der Waals surface area contributed by atoms with E-state index in [4.69, 9.17) is 15.8 Å². The zero-order chi connectivity index (χ0) is 6.15. The van der Waals surface area contributed by atoms with Crippen LogP contribution in [0.3, 0.4) is 0 Å². The predicted octanol–water partition coefficient (Wildman–Crippen LogP) is 2.86. The van der Waals surface area contributed by atoms with Crippen molar-refractivity contribution in [2.75, 3.05) is 0 Å². The van der Waals surface area contributed by atoms with E-state index in [0.717, 1.165) is 5.76 Å². The van der Waals surface area contributed by atoms with Crippen molar-refractivity contribution in [3.05, 3.63) is 11.8 Å². The van der Waals surface area contributed by atoms with E-state index in [-0.39, 0.29) is 0 Å². The summed E-state index contributed by atoms with van der Waals surface area (Å²) in [4.78, 5) is 0. The molecule has 0 aliphatic carbocycles. The molecule has 0 bridgehead atoms. The van der Waals surface area contributed by atoms with E-state index in [1.165, 1.54) is 0 Å². The summed E-state index contributed by atoms with van der Waals surface area (Å²) in [6.45, 7) is 4.00. The zero-order valence-electron chi connectivity index (χ0n) is 4.89. The Bertz CT molecular complexity index is 124. The van der Waals surface area contributed by atoms with Crippen molar-refractivity contribution in [2.45, 2.75) is 19.5 Å². The van der Waals surface area contributed by atoms with Crippen molar-refractivity contribution in [3.8, 4) is 0 Å². The van der Waals surface area contributed by atoms with E-state index >= 15 is 0 Å². The Kier molecular flexibility index (Phi) is 1.79. The minimum absolute atomic E-state index is 0.437. The summed E-state index contributed by atoms with van der Waals surface area (Å²) in [5.74, 6) is 0.971. The third kappa shape index (κ3) is 1.15. The third-order valence-corrected chi connectivity index (χ3v) is 3.41. The van der Waals surface area contributed by atoms with E-state index in [1.807, 2.05) is 6.92 Å². The normalized spacial score (nSPS) is 36.6. The Morgan fingerprint density at radius 3 is 2.62 bits per heavy atom. The summed E-state index contributed by atoms with van der Waals surface area (Å²) in [6.07, 6.45) is 2.05. The van der Waals surface area contributed by atoms with Crippen LogP contribution in [-0.4, -0.2) is 5.66 Å². The minimum Gasteiger partial charge on any atom is -0.462 e. The Hall–Kier alpha value is 0.260. The molecule has 2 unspecified atom stereocenters. The van der Waals surface area contributed by atoms with Crippen molar-refractivity contribution in [1.29, 1.82) is 0 Å². The highest BCUT2D eigenvalue weighted by atomic mass is 35.7. The second-order valence-electron chi connectivity index (χ2n) is 1.88. The second-order valence-corrected chi connectivity index (χ2v) is 4.42. The van der Waals surface area contributed by atoms with E-state index in [9.17, 15) is 0 Å². The maximum absolute atomic E-state index is 5.75. The molecular weight excluding hydrogens is 142 g/mol. The molecular formula is C5H8ClOP. The highest BCUT2D eigenvalue weighted by Gasteiger charge is 2.21. The molecule has 1 heterocycles. The highest BCUT2D eigenvalue weighted by molar-refractivity contribution is 7.81. The third-order valence-electron chi connectivity index (χ3n) is 1.03. The lowest BCUT2D eigenvalue weighted by Gasteiger charge is -2.03. The van der Waals surface area contributed by atoms with Crippen LogP contribution in [0.5, 0.6) is 0 Å². The van der Waals surface area contributed by atoms with Crippen molar-refractivity contribution in [1.82, 2.24) is 0 Å². The maximum Gasteiger partial charge on any atom is 0.188 e. The molecule has 2 atom stereocenters. The summed E-state index contributed by atoms with van der Waals surface area (Å²) >= 11 is 5.75. The summed E-state index contributed by atoms with van der Waals surface area (Å²) in [6, 6.07) is 0. The van der Waals surface area contributed by atoms with Crippen LogP contribution >= 0.6 is 18.7 Å². The van der Waals surface area contributed by atoms with E-state index in [1.54, 1.807) is 0 Å². The molecule has 0 aromatic carbocycles. The van der Waals surface area contributed by atoms with Gasteiger partial charge in [0.25, 0.3) is 0 Å². The van der Waals surface area contributed by atoms with Crippen LogP contribution in [0.1, 0.15) is 13.8 Å². The maximum atomic E-state index is 5.75. The van der Waals surface area contributed by atoms with Crippen LogP contribution in [0, 0.1) is 0 Å². The summed E-state index contributed by atoms with van der Waals surface area (Å²) in [7, 11) is -0.686. The van der Waals surface area contributed by atoms with Crippen LogP contribution in [-0.2, 0) is 4.52 Å². The van der Waals surface area contributed by atoms with Crippen molar-refractivity contribution in [2.24, 2.45) is 0 Å². The van der Waals surface area contributed by atoms with Crippen molar-refractivity contribution in [3.63, 3.8) is 0 Å². The fraction of sp³-hybridized carbons (Fsp3) is 0.600. The van der Waals surface area contributed by atoms with Gasteiger partial charge in [0.05, 0.1) is 5.76 Å². The first-order valence-electron chi connectivity index (χ1n) is 2.51. The SMILES string of the molecule is CC1=CC(C)P(Cl)O1.